The van der Waals surface area contributed by atoms with Crippen molar-refractivity contribution in [1.82, 2.24) is 10.2 Å². The van der Waals surface area contributed by atoms with E-state index in [1.54, 1.807) is 0 Å². The second-order valence-electron chi connectivity index (χ2n) is 13.1. The molecule has 0 aromatic carbocycles. The van der Waals surface area contributed by atoms with E-state index >= 15 is 0 Å². The predicted molar refractivity (Wildman–Crippen MR) is 129 cm³/mol. The molecule has 1 aromatic rings. The summed E-state index contributed by atoms with van der Waals surface area (Å²) in [4.78, 5) is 11.5. The van der Waals surface area contributed by atoms with Crippen LogP contribution in [0, 0.1) is 34.5 Å². The van der Waals surface area contributed by atoms with Crippen molar-refractivity contribution in [2.24, 2.45) is 34.5 Å². The third kappa shape index (κ3) is 3.55. The maximum absolute atomic E-state index is 11.5. The molecule has 12 atom stereocenters. The first kappa shape index (κ1) is 25.6. The summed E-state index contributed by atoms with van der Waals surface area (Å²) in [5, 5.41) is 58.6. The quantitative estimate of drug-likeness (QED) is 0.345. The van der Waals surface area contributed by atoms with Crippen LogP contribution in [-0.4, -0.2) is 78.0 Å². The molecule has 10 nitrogen and oxygen atoms in total. The highest BCUT2D eigenvalue weighted by molar-refractivity contribution is 5.73. The minimum absolute atomic E-state index is 0.0268. The molecule has 4 aliphatic carbocycles. The number of carbonyl (C=O) groups is 1. The molecule has 6 rings (SSSR count). The van der Waals surface area contributed by atoms with Crippen LogP contribution < -0.4 is 4.74 Å². The van der Waals surface area contributed by atoms with Gasteiger partial charge in [-0.2, -0.15) is 0 Å². The summed E-state index contributed by atoms with van der Waals surface area (Å²) in [6.45, 7) is 6.70. The predicted octanol–water partition coefficient (Wildman–Crippen LogP) is 1.39. The fourth-order valence-corrected chi connectivity index (χ4v) is 9.11. The number of ether oxygens (including phenoxy) is 2. The first-order valence-electron chi connectivity index (χ1n) is 13.7. The number of aliphatic hydroxyl groups is 4. The molecule has 1 saturated heterocycles. The molecule has 5 aliphatic rings. The Morgan fingerprint density at radius 2 is 1.76 bits per heavy atom. The van der Waals surface area contributed by atoms with Gasteiger partial charge in [-0.3, -0.25) is 5.10 Å². The number of aromatic nitrogens is 2. The molecule has 6 N–H and O–H groups in total. The van der Waals surface area contributed by atoms with Crippen molar-refractivity contribution in [3.8, 4) is 5.88 Å². The van der Waals surface area contributed by atoms with Gasteiger partial charge in [0, 0.05) is 11.3 Å². The summed E-state index contributed by atoms with van der Waals surface area (Å²) in [6, 6.07) is 0. The third-order valence-electron chi connectivity index (χ3n) is 11.6. The maximum atomic E-state index is 11.5. The molecule has 0 bridgehead atoms. The highest BCUT2D eigenvalue weighted by Gasteiger charge is 2.63. The summed E-state index contributed by atoms with van der Waals surface area (Å²) in [5.41, 5.74) is 1.27. The van der Waals surface area contributed by atoms with Gasteiger partial charge in [-0.25, -0.2) is 4.79 Å². The van der Waals surface area contributed by atoms with Crippen LogP contribution in [0.25, 0.3) is 0 Å². The van der Waals surface area contributed by atoms with E-state index in [0.717, 1.165) is 56.2 Å². The Morgan fingerprint density at radius 3 is 2.49 bits per heavy atom. The van der Waals surface area contributed by atoms with E-state index in [0.29, 0.717) is 23.7 Å². The van der Waals surface area contributed by atoms with Crippen molar-refractivity contribution in [3.05, 3.63) is 11.3 Å². The Labute approximate surface area is 216 Å². The van der Waals surface area contributed by atoms with Gasteiger partial charge in [-0.05, 0) is 92.8 Å². The SMILES string of the molecule is C[C@]12Cc3c(OC4OC(C(=O)O)C(O)C(O)C4O)n[nH]c3C[C@@H]1CC[C@@H]1[C@@H]2CC[C@]2(C)[C@H]1CC[C@]2(C)O. The minimum Gasteiger partial charge on any atom is -0.479 e. The highest BCUT2D eigenvalue weighted by Crippen LogP contribution is 2.67. The van der Waals surface area contributed by atoms with Crippen LogP contribution in [0.2, 0.25) is 0 Å². The van der Waals surface area contributed by atoms with Crippen LogP contribution in [0.15, 0.2) is 0 Å². The molecule has 1 aliphatic heterocycles. The maximum Gasteiger partial charge on any atom is 0.335 e. The van der Waals surface area contributed by atoms with E-state index in [1.165, 1.54) is 6.42 Å². The van der Waals surface area contributed by atoms with Crippen molar-refractivity contribution in [3.63, 3.8) is 0 Å². The zero-order valence-corrected chi connectivity index (χ0v) is 21.8. The molecule has 0 spiro atoms. The largest absolute Gasteiger partial charge is 0.479 e. The van der Waals surface area contributed by atoms with Crippen molar-refractivity contribution >= 4 is 5.97 Å². The van der Waals surface area contributed by atoms with Gasteiger partial charge < -0.3 is 35.0 Å². The zero-order valence-electron chi connectivity index (χ0n) is 21.8. The lowest BCUT2D eigenvalue weighted by molar-refractivity contribution is -0.271. The smallest absolute Gasteiger partial charge is 0.335 e. The molecule has 2 heterocycles. The van der Waals surface area contributed by atoms with Gasteiger partial charge in [0.15, 0.2) is 6.10 Å². The molecule has 37 heavy (non-hydrogen) atoms. The number of nitrogens with zero attached hydrogens (tertiary/aromatic N) is 1. The van der Waals surface area contributed by atoms with Gasteiger partial charge in [-0.15, -0.1) is 5.10 Å². The standard InChI is InChI=1S/C27H40N2O8/c1-25-11-14-17(28-29-22(14)37-24-20(32)18(30)19(31)21(36-24)23(33)34)10-12(25)4-5-13-15(25)6-8-26(2)16(13)7-9-27(26,3)35/h12-13,15-16,18-21,24,30-32,35H,4-11H2,1-3H3,(H,28,29)(H,33,34)/t12-,13+,15-,16-,18?,19?,20?,21?,24?,25-,26+,27-/m0/s1. The Kier molecular flexibility index (Phi) is 5.79. The number of carboxylic acids is 1. The molecule has 4 fully saturated rings. The zero-order chi connectivity index (χ0) is 26.5. The number of rotatable bonds is 3. The lowest BCUT2D eigenvalue weighted by atomic mass is 9.44. The third-order valence-corrected chi connectivity index (χ3v) is 11.6. The molecule has 0 radical (unpaired) electrons. The van der Waals surface area contributed by atoms with Crippen LogP contribution in [0.1, 0.15) is 70.6 Å². The average molecular weight is 521 g/mol. The lowest BCUT2D eigenvalue weighted by Crippen LogP contribution is -2.61. The Morgan fingerprint density at radius 1 is 1.03 bits per heavy atom. The number of aliphatic carboxylic acids is 1. The van der Waals surface area contributed by atoms with Crippen LogP contribution >= 0.6 is 0 Å². The van der Waals surface area contributed by atoms with E-state index in [1.807, 2.05) is 6.92 Å². The molecule has 0 amide bonds. The van der Waals surface area contributed by atoms with E-state index in [9.17, 15) is 30.3 Å². The molecular weight excluding hydrogens is 480 g/mol. The summed E-state index contributed by atoms with van der Waals surface area (Å²) in [7, 11) is 0. The molecule has 5 unspecified atom stereocenters. The summed E-state index contributed by atoms with van der Waals surface area (Å²) >= 11 is 0. The molecule has 3 saturated carbocycles. The van der Waals surface area contributed by atoms with Gasteiger partial charge in [0.25, 0.3) is 0 Å². The van der Waals surface area contributed by atoms with Crippen molar-refractivity contribution in [1.29, 1.82) is 0 Å². The van der Waals surface area contributed by atoms with Gasteiger partial charge in [-0.1, -0.05) is 13.8 Å². The van der Waals surface area contributed by atoms with E-state index in [4.69, 9.17) is 9.47 Å². The highest BCUT2D eigenvalue weighted by atomic mass is 16.7. The summed E-state index contributed by atoms with van der Waals surface area (Å²) in [6.07, 6.45) is -0.369. The number of hydrogen-bond donors (Lipinski definition) is 6. The molecular formula is C27H40N2O8. The van der Waals surface area contributed by atoms with Gasteiger partial charge in [0.05, 0.1) is 5.60 Å². The Hall–Kier alpha value is -1.72. The van der Waals surface area contributed by atoms with Gasteiger partial charge in [0.1, 0.15) is 18.3 Å². The fourth-order valence-electron chi connectivity index (χ4n) is 9.11. The molecule has 206 valence electrons. The van der Waals surface area contributed by atoms with Crippen LogP contribution in [0.5, 0.6) is 5.88 Å². The Bertz CT molecular complexity index is 1070. The number of fused-ring (bicyclic) bond motifs is 6. The fraction of sp³-hybridized carbons (Fsp3) is 0.852. The number of hydrogen-bond acceptors (Lipinski definition) is 8. The summed E-state index contributed by atoms with van der Waals surface area (Å²) < 4.78 is 11.2. The first-order valence-corrected chi connectivity index (χ1v) is 13.7. The number of carboxylic acid groups (broad SMARTS) is 1. The van der Waals surface area contributed by atoms with Crippen molar-refractivity contribution in [2.45, 2.75) is 108 Å². The second kappa shape index (κ2) is 8.39. The van der Waals surface area contributed by atoms with E-state index < -0.39 is 42.3 Å². The van der Waals surface area contributed by atoms with Crippen molar-refractivity contribution in [2.75, 3.05) is 0 Å². The van der Waals surface area contributed by atoms with Crippen LogP contribution in [0.4, 0.5) is 0 Å². The van der Waals surface area contributed by atoms with Crippen LogP contribution in [0.3, 0.4) is 0 Å². The number of aromatic amines is 1. The van der Waals surface area contributed by atoms with Crippen LogP contribution in [-0.2, 0) is 22.4 Å². The van der Waals surface area contributed by atoms with Crippen molar-refractivity contribution < 1.29 is 39.8 Å². The average Bonchev–Trinajstić information content (AvgIpc) is 3.33. The van der Waals surface area contributed by atoms with E-state index in [2.05, 4.69) is 24.0 Å². The molecule has 10 heteroatoms. The van der Waals surface area contributed by atoms with E-state index in [-0.39, 0.29) is 16.7 Å². The summed E-state index contributed by atoms with van der Waals surface area (Å²) in [5.74, 6) is 0.924. The minimum atomic E-state index is -1.77. The number of aliphatic hydroxyl groups excluding tert-OH is 3. The Balaban J connectivity index is 1.26. The lowest BCUT2D eigenvalue weighted by Gasteiger charge is -2.60. The second-order valence-corrected chi connectivity index (χ2v) is 13.1. The topological polar surface area (TPSA) is 165 Å². The first-order chi connectivity index (χ1) is 17.4. The number of H-pyrrole nitrogens is 1. The van der Waals surface area contributed by atoms with Gasteiger partial charge in [0.2, 0.25) is 12.2 Å². The van der Waals surface area contributed by atoms with Gasteiger partial charge >= 0.3 is 5.97 Å². The normalized spacial score (nSPS) is 50.9. The monoisotopic (exact) mass is 520 g/mol. The molecule has 1 aromatic heterocycles. The number of nitrogens with one attached hydrogen (secondary N) is 1.